The normalized spacial score (nSPS) is 17.7. The Labute approximate surface area is 159 Å². The van der Waals surface area contributed by atoms with Crippen molar-refractivity contribution < 1.29 is 19.1 Å². The molecule has 0 unspecified atom stereocenters. The first kappa shape index (κ1) is 19.1. The van der Waals surface area contributed by atoms with Crippen molar-refractivity contribution in [1.29, 1.82) is 0 Å². The number of rotatable bonds is 6. The van der Waals surface area contributed by atoms with E-state index in [-0.39, 0.29) is 29.6 Å². The average Bonchev–Trinajstić information content (AvgIpc) is 3.52. The van der Waals surface area contributed by atoms with Gasteiger partial charge in [-0.3, -0.25) is 9.59 Å². The third-order valence-electron chi connectivity index (χ3n) is 4.98. The molecule has 2 aliphatic rings. The Hall–Kier alpha value is -2.63. The van der Waals surface area contributed by atoms with Crippen LogP contribution >= 0.6 is 0 Å². The van der Waals surface area contributed by atoms with E-state index in [9.17, 15) is 14.4 Å². The number of benzene rings is 1. The fourth-order valence-corrected chi connectivity index (χ4v) is 3.23. The maximum absolute atomic E-state index is 12.5. The molecule has 27 heavy (non-hydrogen) atoms. The smallest absolute Gasteiger partial charge is 0.330 e. The third-order valence-corrected chi connectivity index (χ3v) is 4.98. The van der Waals surface area contributed by atoms with E-state index >= 15 is 0 Å². The first-order valence-electron chi connectivity index (χ1n) is 9.61. The van der Waals surface area contributed by atoms with E-state index in [4.69, 9.17) is 4.74 Å². The molecule has 3 rings (SSSR count). The van der Waals surface area contributed by atoms with Crippen LogP contribution in [0, 0.1) is 11.8 Å². The molecule has 2 fully saturated rings. The minimum atomic E-state index is -0.374. The molecule has 2 amide bonds. The molecule has 6 heteroatoms. The van der Waals surface area contributed by atoms with Gasteiger partial charge >= 0.3 is 5.97 Å². The van der Waals surface area contributed by atoms with E-state index in [1.165, 1.54) is 6.08 Å². The van der Waals surface area contributed by atoms with Gasteiger partial charge in [0.05, 0.1) is 6.61 Å². The topological polar surface area (TPSA) is 75.7 Å². The average molecular weight is 370 g/mol. The van der Waals surface area contributed by atoms with Crippen LogP contribution < -0.4 is 5.32 Å². The number of hydrogen-bond donors (Lipinski definition) is 1. The minimum absolute atomic E-state index is 0.00309. The fraction of sp³-hybridized carbons (Fsp3) is 0.476. The summed E-state index contributed by atoms with van der Waals surface area (Å²) in [6.07, 6.45) is 6.52. The van der Waals surface area contributed by atoms with Crippen molar-refractivity contribution in [2.24, 2.45) is 11.8 Å². The molecule has 0 atom stereocenters. The highest BCUT2D eigenvalue weighted by Crippen LogP contribution is 2.32. The van der Waals surface area contributed by atoms with Crippen LogP contribution in [0.3, 0.4) is 0 Å². The number of hydrogen-bond acceptors (Lipinski definition) is 4. The van der Waals surface area contributed by atoms with E-state index in [1.807, 2.05) is 29.2 Å². The second kappa shape index (κ2) is 8.84. The molecular weight excluding hydrogens is 344 g/mol. The van der Waals surface area contributed by atoms with Crippen LogP contribution in [0.4, 0.5) is 5.69 Å². The number of anilines is 1. The number of likely N-dealkylation sites (tertiary alicyclic amines) is 1. The number of nitrogens with zero attached hydrogens (tertiary/aromatic N) is 1. The van der Waals surface area contributed by atoms with Crippen LogP contribution in [0.2, 0.25) is 0 Å². The molecule has 1 saturated carbocycles. The zero-order valence-corrected chi connectivity index (χ0v) is 15.6. The highest BCUT2D eigenvalue weighted by Gasteiger charge is 2.35. The Morgan fingerprint density at radius 1 is 1.07 bits per heavy atom. The predicted octanol–water partition coefficient (Wildman–Crippen LogP) is 2.85. The van der Waals surface area contributed by atoms with Crippen molar-refractivity contribution in [2.45, 2.75) is 32.6 Å². The first-order chi connectivity index (χ1) is 13.1. The standard InChI is InChI=1S/C21H26N2O4/c1-2-27-19(24)10-5-15-3-8-18(9-4-15)22-20(25)16-11-13-23(14-12-16)21(26)17-6-7-17/h3-5,8-10,16-17H,2,6-7,11-14H2,1H3,(H,22,25)/b10-5+. The molecule has 1 aliphatic heterocycles. The van der Waals surface area contributed by atoms with E-state index < -0.39 is 0 Å². The number of ether oxygens (including phenoxy) is 1. The van der Waals surface area contributed by atoms with Crippen LogP contribution in [0.15, 0.2) is 30.3 Å². The Bertz CT molecular complexity index is 714. The summed E-state index contributed by atoms with van der Waals surface area (Å²) in [6.45, 7) is 3.45. The summed E-state index contributed by atoms with van der Waals surface area (Å²) in [5.41, 5.74) is 1.58. The molecule has 1 saturated heterocycles. The summed E-state index contributed by atoms with van der Waals surface area (Å²) < 4.78 is 4.84. The zero-order valence-electron chi connectivity index (χ0n) is 15.6. The molecule has 0 spiro atoms. The van der Waals surface area contributed by atoms with E-state index in [1.54, 1.807) is 13.0 Å². The summed E-state index contributed by atoms with van der Waals surface area (Å²) in [4.78, 5) is 37.8. The van der Waals surface area contributed by atoms with Crippen molar-refractivity contribution in [3.8, 4) is 0 Å². The minimum Gasteiger partial charge on any atom is -0.463 e. The lowest BCUT2D eigenvalue weighted by Crippen LogP contribution is -2.42. The van der Waals surface area contributed by atoms with Crippen LogP contribution in [-0.2, 0) is 19.1 Å². The summed E-state index contributed by atoms with van der Waals surface area (Å²) in [6, 6.07) is 7.30. The van der Waals surface area contributed by atoms with Gasteiger partial charge in [-0.1, -0.05) is 12.1 Å². The second-order valence-corrected chi connectivity index (χ2v) is 7.07. The fourth-order valence-electron chi connectivity index (χ4n) is 3.23. The maximum Gasteiger partial charge on any atom is 0.330 e. The largest absolute Gasteiger partial charge is 0.463 e. The molecule has 0 bridgehead atoms. The van der Waals surface area contributed by atoms with Gasteiger partial charge in [0.1, 0.15) is 0 Å². The third kappa shape index (κ3) is 5.42. The molecule has 1 heterocycles. The molecule has 0 radical (unpaired) electrons. The monoisotopic (exact) mass is 370 g/mol. The highest BCUT2D eigenvalue weighted by atomic mass is 16.5. The van der Waals surface area contributed by atoms with Crippen LogP contribution in [0.5, 0.6) is 0 Å². The Morgan fingerprint density at radius 3 is 2.33 bits per heavy atom. The Kier molecular flexibility index (Phi) is 6.27. The second-order valence-electron chi connectivity index (χ2n) is 7.07. The summed E-state index contributed by atoms with van der Waals surface area (Å²) >= 11 is 0. The molecule has 1 aromatic rings. The SMILES string of the molecule is CCOC(=O)/C=C/c1ccc(NC(=O)C2CCN(C(=O)C3CC3)CC2)cc1. The van der Waals surface area contributed by atoms with Crippen molar-refractivity contribution >= 4 is 29.5 Å². The van der Waals surface area contributed by atoms with Gasteiger partial charge in [-0.05, 0) is 56.4 Å². The van der Waals surface area contributed by atoms with Crippen LogP contribution in [0.25, 0.3) is 6.08 Å². The van der Waals surface area contributed by atoms with Gasteiger partial charge in [-0.2, -0.15) is 0 Å². The molecule has 1 aromatic carbocycles. The molecule has 1 aliphatic carbocycles. The Balaban J connectivity index is 1.46. The number of amides is 2. The van der Waals surface area contributed by atoms with E-state index in [2.05, 4.69) is 5.32 Å². The van der Waals surface area contributed by atoms with Gasteiger partial charge in [0.25, 0.3) is 0 Å². The van der Waals surface area contributed by atoms with Gasteiger partial charge in [-0.15, -0.1) is 0 Å². The number of carbonyl (C=O) groups is 3. The predicted molar refractivity (Wildman–Crippen MR) is 103 cm³/mol. The van der Waals surface area contributed by atoms with Gasteiger partial charge in [0, 0.05) is 36.7 Å². The van der Waals surface area contributed by atoms with Crippen molar-refractivity contribution in [3.63, 3.8) is 0 Å². The molecule has 1 N–H and O–H groups in total. The summed E-state index contributed by atoms with van der Waals surface area (Å²) in [7, 11) is 0. The molecule has 144 valence electrons. The van der Waals surface area contributed by atoms with Gasteiger partial charge < -0.3 is 15.0 Å². The molecular formula is C21H26N2O4. The van der Waals surface area contributed by atoms with Crippen molar-refractivity contribution in [1.82, 2.24) is 4.90 Å². The number of piperidine rings is 1. The number of esters is 1. The molecule has 6 nitrogen and oxygen atoms in total. The van der Waals surface area contributed by atoms with E-state index in [0.29, 0.717) is 32.5 Å². The van der Waals surface area contributed by atoms with Crippen molar-refractivity contribution in [3.05, 3.63) is 35.9 Å². The lowest BCUT2D eigenvalue weighted by atomic mass is 9.95. The zero-order chi connectivity index (χ0) is 19.2. The molecule has 0 aromatic heterocycles. The number of carbonyl (C=O) groups excluding carboxylic acids is 3. The highest BCUT2D eigenvalue weighted by molar-refractivity contribution is 5.93. The van der Waals surface area contributed by atoms with E-state index in [0.717, 1.165) is 24.1 Å². The number of nitrogens with one attached hydrogen (secondary N) is 1. The van der Waals surface area contributed by atoms with Crippen LogP contribution in [0.1, 0.15) is 38.2 Å². The van der Waals surface area contributed by atoms with Crippen LogP contribution in [-0.4, -0.2) is 42.4 Å². The van der Waals surface area contributed by atoms with Crippen molar-refractivity contribution in [2.75, 3.05) is 25.0 Å². The van der Waals surface area contributed by atoms with Gasteiger partial charge in [0.2, 0.25) is 11.8 Å². The quantitative estimate of drug-likeness (QED) is 0.617. The van der Waals surface area contributed by atoms with Gasteiger partial charge in [0.15, 0.2) is 0 Å². The summed E-state index contributed by atoms with van der Waals surface area (Å²) in [5.74, 6) is 0.0773. The maximum atomic E-state index is 12.5. The Morgan fingerprint density at radius 2 is 1.74 bits per heavy atom. The summed E-state index contributed by atoms with van der Waals surface area (Å²) in [5, 5.41) is 2.95. The van der Waals surface area contributed by atoms with Gasteiger partial charge in [-0.25, -0.2) is 4.79 Å². The lowest BCUT2D eigenvalue weighted by Gasteiger charge is -2.31. The first-order valence-corrected chi connectivity index (χ1v) is 9.61. The lowest BCUT2D eigenvalue weighted by molar-refractivity contribution is -0.137.